The standard InChI is InChI=1S/C17H21N3/c1-14-6-8-15(9-7-14)13-19-16-5-4-10-18-17(16)20-11-2-3-12-20/h4-10,19H,2-3,11-13H2,1H3. The Hall–Kier alpha value is -2.03. The van der Waals surface area contributed by atoms with Crippen molar-refractivity contribution in [2.24, 2.45) is 0 Å². The summed E-state index contributed by atoms with van der Waals surface area (Å²) in [7, 11) is 0. The number of aromatic nitrogens is 1. The van der Waals surface area contributed by atoms with Gasteiger partial charge in [-0.3, -0.25) is 0 Å². The molecule has 1 aliphatic rings. The smallest absolute Gasteiger partial charge is 0.151 e. The number of hydrogen-bond acceptors (Lipinski definition) is 3. The van der Waals surface area contributed by atoms with Gasteiger partial charge in [0.2, 0.25) is 0 Å². The van der Waals surface area contributed by atoms with Crippen molar-refractivity contribution >= 4 is 11.5 Å². The molecule has 0 radical (unpaired) electrons. The summed E-state index contributed by atoms with van der Waals surface area (Å²) in [6.45, 7) is 5.20. The summed E-state index contributed by atoms with van der Waals surface area (Å²) in [4.78, 5) is 6.92. The molecule has 0 saturated carbocycles. The van der Waals surface area contributed by atoms with Crippen molar-refractivity contribution in [2.75, 3.05) is 23.3 Å². The van der Waals surface area contributed by atoms with E-state index in [1.165, 1.54) is 24.0 Å². The van der Waals surface area contributed by atoms with Gasteiger partial charge in [0.15, 0.2) is 5.82 Å². The van der Waals surface area contributed by atoms with Gasteiger partial charge in [0, 0.05) is 25.8 Å². The lowest BCUT2D eigenvalue weighted by Gasteiger charge is -2.20. The zero-order valence-corrected chi connectivity index (χ0v) is 12.0. The fourth-order valence-corrected chi connectivity index (χ4v) is 2.62. The lowest BCUT2D eigenvalue weighted by atomic mass is 10.1. The molecule has 0 spiro atoms. The second kappa shape index (κ2) is 5.95. The van der Waals surface area contributed by atoms with Crippen LogP contribution < -0.4 is 10.2 Å². The van der Waals surface area contributed by atoms with Gasteiger partial charge in [-0.1, -0.05) is 29.8 Å². The molecule has 1 aliphatic heterocycles. The van der Waals surface area contributed by atoms with Crippen LogP contribution in [0.2, 0.25) is 0 Å². The van der Waals surface area contributed by atoms with E-state index in [1.54, 1.807) is 0 Å². The Kier molecular flexibility index (Phi) is 3.86. The van der Waals surface area contributed by atoms with Crippen LogP contribution in [0.3, 0.4) is 0 Å². The van der Waals surface area contributed by atoms with E-state index in [0.717, 1.165) is 31.1 Å². The van der Waals surface area contributed by atoms with Gasteiger partial charge in [0.25, 0.3) is 0 Å². The molecule has 1 saturated heterocycles. The minimum atomic E-state index is 0.840. The van der Waals surface area contributed by atoms with E-state index in [-0.39, 0.29) is 0 Å². The molecule has 3 rings (SSSR count). The maximum atomic E-state index is 4.55. The maximum absolute atomic E-state index is 4.55. The van der Waals surface area contributed by atoms with Crippen molar-refractivity contribution in [3.63, 3.8) is 0 Å². The van der Waals surface area contributed by atoms with Gasteiger partial charge in [-0.15, -0.1) is 0 Å². The lowest BCUT2D eigenvalue weighted by molar-refractivity contribution is 0.935. The zero-order chi connectivity index (χ0) is 13.8. The Morgan fingerprint density at radius 1 is 1.10 bits per heavy atom. The van der Waals surface area contributed by atoms with Gasteiger partial charge >= 0.3 is 0 Å². The predicted molar refractivity (Wildman–Crippen MR) is 84.2 cm³/mol. The Labute approximate surface area is 120 Å². The highest BCUT2D eigenvalue weighted by atomic mass is 15.2. The molecule has 1 aromatic carbocycles. The summed E-state index contributed by atoms with van der Waals surface area (Å²) in [6.07, 6.45) is 4.42. The summed E-state index contributed by atoms with van der Waals surface area (Å²) in [5, 5.41) is 3.52. The molecule has 0 bridgehead atoms. The van der Waals surface area contributed by atoms with Gasteiger partial charge in [-0.25, -0.2) is 4.98 Å². The average molecular weight is 267 g/mol. The predicted octanol–water partition coefficient (Wildman–Crippen LogP) is 3.60. The van der Waals surface area contributed by atoms with Crippen molar-refractivity contribution in [3.05, 3.63) is 53.7 Å². The lowest BCUT2D eigenvalue weighted by Crippen LogP contribution is -2.20. The Morgan fingerprint density at radius 2 is 1.85 bits per heavy atom. The summed E-state index contributed by atoms with van der Waals surface area (Å²) >= 11 is 0. The van der Waals surface area contributed by atoms with Crippen LogP contribution in [0.25, 0.3) is 0 Å². The quantitative estimate of drug-likeness (QED) is 0.917. The zero-order valence-electron chi connectivity index (χ0n) is 12.0. The van der Waals surface area contributed by atoms with Gasteiger partial charge in [-0.2, -0.15) is 0 Å². The number of pyridine rings is 1. The molecule has 3 heteroatoms. The minimum absolute atomic E-state index is 0.840. The maximum Gasteiger partial charge on any atom is 0.151 e. The second-order valence-electron chi connectivity index (χ2n) is 5.41. The molecule has 2 heterocycles. The molecule has 0 atom stereocenters. The van der Waals surface area contributed by atoms with E-state index in [1.807, 2.05) is 12.3 Å². The highest BCUT2D eigenvalue weighted by Gasteiger charge is 2.16. The van der Waals surface area contributed by atoms with Crippen LogP contribution in [-0.4, -0.2) is 18.1 Å². The third-order valence-corrected chi connectivity index (χ3v) is 3.80. The van der Waals surface area contributed by atoms with Crippen LogP contribution in [0.4, 0.5) is 11.5 Å². The molecule has 1 aromatic heterocycles. The van der Waals surface area contributed by atoms with E-state index in [0.29, 0.717) is 0 Å². The molecule has 2 aromatic rings. The molecular formula is C17H21N3. The van der Waals surface area contributed by atoms with E-state index in [2.05, 4.69) is 52.5 Å². The Morgan fingerprint density at radius 3 is 2.60 bits per heavy atom. The first-order valence-electron chi connectivity index (χ1n) is 7.32. The van der Waals surface area contributed by atoms with Crippen molar-refractivity contribution in [1.82, 2.24) is 4.98 Å². The van der Waals surface area contributed by atoms with Crippen molar-refractivity contribution in [1.29, 1.82) is 0 Å². The number of nitrogens with zero attached hydrogens (tertiary/aromatic N) is 2. The highest BCUT2D eigenvalue weighted by molar-refractivity contribution is 5.65. The third kappa shape index (κ3) is 2.93. The number of aryl methyl sites for hydroxylation is 1. The minimum Gasteiger partial charge on any atom is -0.378 e. The molecule has 1 N–H and O–H groups in total. The van der Waals surface area contributed by atoms with Crippen LogP contribution in [0.1, 0.15) is 24.0 Å². The number of rotatable bonds is 4. The molecule has 0 aliphatic carbocycles. The summed E-state index contributed by atoms with van der Waals surface area (Å²) < 4.78 is 0. The molecule has 0 amide bonds. The monoisotopic (exact) mass is 267 g/mol. The molecule has 0 unspecified atom stereocenters. The molecule has 104 valence electrons. The second-order valence-corrected chi connectivity index (χ2v) is 5.41. The first kappa shape index (κ1) is 13.0. The van der Waals surface area contributed by atoms with Gasteiger partial charge in [0.05, 0.1) is 5.69 Å². The first-order chi connectivity index (χ1) is 9.83. The highest BCUT2D eigenvalue weighted by Crippen LogP contribution is 2.26. The molecule has 3 nitrogen and oxygen atoms in total. The number of nitrogens with one attached hydrogen (secondary N) is 1. The fourth-order valence-electron chi connectivity index (χ4n) is 2.62. The van der Waals surface area contributed by atoms with Crippen LogP contribution in [-0.2, 0) is 6.54 Å². The molecular weight excluding hydrogens is 246 g/mol. The van der Waals surface area contributed by atoms with Crippen LogP contribution in [0.15, 0.2) is 42.6 Å². The van der Waals surface area contributed by atoms with E-state index in [9.17, 15) is 0 Å². The summed E-state index contributed by atoms with van der Waals surface area (Å²) in [5.41, 5.74) is 3.73. The third-order valence-electron chi connectivity index (χ3n) is 3.80. The van der Waals surface area contributed by atoms with Crippen molar-refractivity contribution < 1.29 is 0 Å². The Balaban J connectivity index is 1.72. The number of anilines is 2. The topological polar surface area (TPSA) is 28.2 Å². The fraction of sp³-hybridized carbons (Fsp3) is 0.353. The van der Waals surface area contributed by atoms with Gasteiger partial charge in [0.1, 0.15) is 0 Å². The van der Waals surface area contributed by atoms with Gasteiger partial charge in [-0.05, 0) is 37.5 Å². The SMILES string of the molecule is Cc1ccc(CNc2cccnc2N2CCCC2)cc1. The van der Waals surface area contributed by atoms with E-state index < -0.39 is 0 Å². The molecule has 1 fully saturated rings. The molecule has 20 heavy (non-hydrogen) atoms. The largest absolute Gasteiger partial charge is 0.378 e. The first-order valence-corrected chi connectivity index (χ1v) is 7.32. The van der Waals surface area contributed by atoms with Crippen LogP contribution in [0, 0.1) is 6.92 Å². The summed E-state index contributed by atoms with van der Waals surface area (Å²) in [5.74, 6) is 1.09. The van der Waals surface area contributed by atoms with Gasteiger partial charge < -0.3 is 10.2 Å². The summed E-state index contributed by atoms with van der Waals surface area (Å²) in [6, 6.07) is 12.8. The number of hydrogen-bond donors (Lipinski definition) is 1. The van der Waals surface area contributed by atoms with E-state index >= 15 is 0 Å². The Bertz CT molecular complexity index is 557. The van der Waals surface area contributed by atoms with Crippen molar-refractivity contribution in [2.45, 2.75) is 26.3 Å². The average Bonchev–Trinajstić information content (AvgIpc) is 3.01. The van der Waals surface area contributed by atoms with Crippen molar-refractivity contribution in [3.8, 4) is 0 Å². The number of benzene rings is 1. The van der Waals surface area contributed by atoms with Crippen LogP contribution in [0.5, 0.6) is 0 Å². The van der Waals surface area contributed by atoms with Crippen LogP contribution >= 0.6 is 0 Å². The van der Waals surface area contributed by atoms with E-state index in [4.69, 9.17) is 0 Å². The normalized spacial score (nSPS) is 14.6.